The van der Waals surface area contributed by atoms with Crippen LogP contribution in [0.4, 0.5) is 18.9 Å². The molecule has 0 bridgehead atoms. The third-order valence-corrected chi connectivity index (χ3v) is 8.47. The number of hydrogen-bond acceptors (Lipinski definition) is 6. The van der Waals surface area contributed by atoms with Gasteiger partial charge in [-0.25, -0.2) is 4.98 Å². The Kier molecular flexibility index (Phi) is 9.38. The Labute approximate surface area is 243 Å². The van der Waals surface area contributed by atoms with Crippen LogP contribution in [-0.4, -0.2) is 85.3 Å². The van der Waals surface area contributed by atoms with Crippen molar-refractivity contribution in [3.05, 3.63) is 52.7 Å². The van der Waals surface area contributed by atoms with E-state index in [0.29, 0.717) is 29.3 Å². The molecule has 2 aliphatic rings. The third kappa shape index (κ3) is 6.56. The minimum atomic E-state index is -5.25. The molecule has 0 saturated carbocycles. The standard InChI is InChI=1S/C29H36ClF3N4O4/c1-35(2)26(38)22-8-7-21(18-23(22)30)36-13-9-19(10-14-36)17-20-11-15-37(16-12-20)27(39)28(40,29(31,32)33)24-5-4-6-25(34-24)41-3/h4-8,18-20,40H,9-17H2,1-3H3. The van der Waals surface area contributed by atoms with E-state index in [1.165, 1.54) is 24.1 Å². The average molecular weight is 597 g/mol. The highest BCUT2D eigenvalue weighted by Crippen LogP contribution is 2.41. The molecule has 1 aromatic carbocycles. The number of aliphatic hydroxyl groups is 1. The summed E-state index contributed by atoms with van der Waals surface area (Å²) in [5.41, 5.74) is -3.11. The van der Waals surface area contributed by atoms with Gasteiger partial charge in [0.05, 0.1) is 23.4 Å². The number of rotatable bonds is 7. The molecular formula is C29H36ClF3N4O4. The summed E-state index contributed by atoms with van der Waals surface area (Å²) in [5, 5.41) is 11.1. The molecule has 2 aliphatic heterocycles. The highest BCUT2D eigenvalue weighted by atomic mass is 35.5. The molecule has 2 saturated heterocycles. The molecule has 1 aromatic heterocycles. The summed E-state index contributed by atoms with van der Waals surface area (Å²) in [6.45, 7) is 1.96. The number of anilines is 1. The van der Waals surface area contributed by atoms with Crippen molar-refractivity contribution in [2.45, 2.75) is 43.9 Å². The van der Waals surface area contributed by atoms with Crippen molar-refractivity contribution in [1.82, 2.24) is 14.8 Å². The maximum Gasteiger partial charge on any atom is 0.432 e. The second-order valence-corrected chi connectivity index (χ2v) is 11.4. The van der Waals surface area contributed by atoms with Crippen LogP contribution in [0.15, 0.2) is 36.4 Å². The molecule has 41 heavy (non-hydrogen) atoms. The first-order valence-electron chi connectivity index (χ1n) is 13.7. The molecule has 8 nitrogen and oxygen atoms in total. The second kappa shape index (κ2) is 12.4. The Balaban J connectivity index is 1.31. The summed E-state index contributed by atoms with van der Waals surface area (Å²) in [5.74, 6) is -0.920. The predicted molar refractivity (Wildman–Crippen MR) is 149 cm³/mol. The highest BCUT2D eigenvalue weighted by molar-refractivity contribution is 6.34. The number of aromatic nitrogens is 1. The Morgan fingerprint density at radius 1 is 1.05 bits per heavy atom. The number of carbonyl (C=O) groups is 2. The van der Waals surface area contributed by atoms with Crippen LogP contribution in [0.2, 0.25) is 5.02 Å². The first-order valence-corrected chi connectivity index (χ1v) is 14.1. The number of carbonyl (C=O) groups excluding carboxylic acids is 2. The Morgan fingerprint density at radius 3 is 2.20 bits per heavy atom. The van der Waals surface area contributed by atoms with Gasteiger partial charge in [0.2, 0.25) is 5.88 Å². The normalized spacial score (nSPS) is 18.6. The number of nitrogens with zero attached hydrogens (tertiary/aromatic N) is 4. The van der Waals surface area contributed by atoms with Crippen LogP contribution in [0.5, 0.6) is 5.88 Å². The number of likely N-dealkylation sites (tertiary alicyclic amines) is 1. The van der Waals surface area contributed by atoms with E-state index < -0.39 is 23.4 Å². The number of ether oxygens (including phenoxy) is 1. The molecule has 224 valence electrons. The van der Waals surface area contributed by atoms with Crippen molar-refractivity contribution in [2.24, 2.45) is 11.8 Å². The SMILES string of the molecule is COc1cccc(C(O)(C(=O)N2CCC(CC3CCN(c4ccc(C(=O)N(C)C)c(Cl)c4)CC3)CC2)C(F)(F)F)n1. The van der Waals surface area contributed by atoms with Gasteiger partial charge in [0.15, 0.2) is 0 Å². The Morgan fingerprint density at radius 2 is 1.66 bits per heavy atom. The van der Waals surface area contributed by atoms with Gasteiger partial charge < -0.3 is 24.5 Å². The Bertz CT molecular complexity index is 1240. The van der Waals surface area contributed by atoms with Gasteiger partial charge in [-0.05, 0) is 68.2 Å². The monoisotopic (exact) mass is 596 g/mol. The van der Waals surface area contributed by atoms with Crippen molar-refractivity contribution in [1.29, 1.82) is 0 Å². The molecule has 2 fully saturated rings. The van der Waals surface area contributed by atoms with Gasteiger partial charge in [-0.1, -0.05) is 17.7 Å². The zero-order valence-corrected chi connectivity index (χ0v) is 24.2. The van der Waals surface area contributed by atoms with Crippen molar-refractivity contribution in [3.8, 4) is 5.88 Å². The van der Waals surface area contributed by atoms with Gasteiger partial charge in [0.25, 0.3) is 17.4 Å². The quantitative estimate of drug-likeness (QED) is 0.497. The van der Waals surface area contributed by atoms with Crippen LogP contribution in [0.1, 0.15) is 48.2 Å². The summed E-state index contributed by atoms with van der Waals surface area (Å²) in [4.78, 5) is 33.9. The average Bonchev–Trinajstić information content (AvgIpc) is 2.96. The van der Waals surface area contributed by atoms with E-state index in [-0.39, 0.29) is 30.8 Å². The van der Waals surface area contributed by atoms with Crippen LogP contribution in [0.25, 0.3) is 0 Å². The molecular weight excluding hydrogens is 561 g/mol. The molecule has 0 radical (unpaired) electrons. The van der Waals surface area contributed by atoms with Gasteiger partial charge in [-0.15, -0.1) is 0 Å². The van der Waals surface area contributed by atoms with E-state index in [1.807, 2.05) is 12.1 Å². The first-order chi connectivity index (χ1) is 19.3. The topological polar surface area (TPSA) is 86.2 Å². The molecule has 1 N–H and O–H groups in total. The number of piperidine rings is 2. The van der Waals surface area contributed by atoms with Gasteiger partial charge in [-0.2, -0.15) is 13.2 Å². The number of amides is 2. The molecule has 2 aromatic rings. The fourth-order valence-electron chi connectivity index (χ4n) is 5.72. The van der Waals surface area contributed by atoms with E-state index in [4.69, 9.17) is 16.3 Å². The van der Waals surface area contributed by atoms with Crippen molar-refractivity contribution >= 4 is 29.1 Å². The lowest BCUT2D eigenvalue weighted by molar-refractivity contribution is -0.263. The van der Waals surface area contributed by atoms with E-state index in [2.05, 4.69) is 9.88 Å². The van der Waals surface area contributed by atoms with Crippen molar-refractivity contribution < 1.29 is 32.6 Å². The zero-order valence-electron chi connectivity index (χ0n) is 23.5. The number of halogens is 4. The van der Waals surface area contributed by atoms with Gasteiger partial charge in [-0.3, -0.25) is 9.59 Å². The molecule has 0 aliphatic carbocycles. The predicted octanol–water partition coefficient (Wildman–Crippen LogP) is 4.74. The van der Waals surface area contributed by atoms with Crippen molar-refractivity contribution in [2.75, 3.05) is 52.3 Å². The number of pyridine rings is 1. The third-order valence-electron chi connectivity index (χ3n) is 8.16. The van der Waals surface area contributed by atoms with Gasteiger partial charge in [0, 0.05) is 52.0 Å². The maximum absolute atomic E-state index is 14.1. The van der Waals surface area contributed by atoms with E-state index in [0.717, 1.165) is 49.0 Å². The minimum absolute atomic E-state index is 0.123. The zero-order chi connectivity index (χ0) is 29.9. The number of alkyl halides is 3. The van der Waals surface area contributed by atoms with E-state index >= 15 is 0 Å². The fraction of sp³-hybridized carbons (Fsp3) is 0.552. The lowest BCUT2D eigenvalue weighted by Crippen LogP contribution is -2.57. The van der Waals surface area contributed by atoms with E-state index in [1.54, 1.807) is 20.2 Å². The second-order valence-electron chi connectivity index (χ2n) is 11.0. The summed E-state index contributed by atoms with van der Waals surface area (Å²) in [7, 11) is 4.61. The fourth-order valence-corrected chi connectivity index (χ4v) is 5.98. The lowest BCUT2D eigenvalue weighted by Gasteiger charge is -2.40. The number of benzene rings is 1. The summed E-state index contributed by atoms with van der Waals surface area (Å²) >= 11 is 6.39. The largest absolute Gasteiger partial charge is 0.481 e. The molecule has 1 atom stereocenters. The first kappa shape index (κ1) is 30.9. The van der Waals surface area contributed by atoms with Crippen molar-refractivity contribution in [3.63, 3.8) is 0 Å². The van der Waals surface area contributed by atoms with Crippen LogP contribution >= 0.6 is 11.6 Å². The molecule has 2 amide bonds. The molecule has 0 spiro atoms. The van der Waals surface area contributed by atoms with Crippen LogP contribution < -0.4 is 9.64 Å². The number of methoxy groups -OCH3 is 1. The molecule has 1 unspecified atom stereocenters. The number of hydrogen-bond donors (Lipinski definition) is 1. The van der Waals surface area contributed by atoms with Gasteiger partial charge >= 0.3 is 6.18 Å². The summed E-state index contributed by atoms with van der Waals surface area (Å²) in [6.07, 6.45) is -1.24. The molecule has 4 rings (SSSR count). The minimum Gasteiger partial charge on any atom is -0.481 e. The molecule has 12 heteroatoms. The van der Waals surface area contributed by atoms with Crippen LogP contribution in [0.3, 0.4) is 0 Å². The Hall–Kier alpha value is -3.05. The summed E-state index contributed by atoms with van der Waals surface area (Å²) in [6, 6.07) is 9.09. The molecule has 3 heterocycles. The smallest absolute Gasteiger partial charge is 0.432 e. The van der Waals surface area contributed by atoms with Crippen LogP contribution in [0, 0.1) is 11.8 Å². The van der Waals surface area contributed by atoms with E-state index in [9.17, 15) is 27.9 Å². The maximum atomic E-state index is 14.1. The summed E-state index contributed by atoms with van der Waals surface area (Å²) < 4.78 is 47.1. The lowest BCUT2D eigenvalue weighted by atomic mass is 9.82. The highest BCUT2D eigenvalue weighted by Gasteiger charge is 2.63. The van der Waals surface area contributed by atoms with Crippen LogP contribution in [-0.2, 0) is 10.4 Å². The van der Waals surface area contributed by atoms with Gasteiger partial charge in [0.1, 0.15) is 0 Å².